The van der Waals surface area contributed by atoms with E-state index in [2.05, 4.69) is 59.2 Å². The third-order valence-electron chi connectivity index (χ3n) is 2.92. The van der Waals surface area contributed by atoms with E-state index in [1.165, 1.54) is 22.9 Å². The van der Waals surface area contributed by atoms with E-state index in [4.69, 9.17) is 0 Å². The first kappa shape index (κ1) is 10.2. The molecule has 1 fully saturated rings. The summed E-state index contributed by atoms with van der Waals surface area (Å²) in [6.07, 6.45) is 2.65. The number of benzene rings is 1. The van der Waals surface area contributed by atoms with Gasteiger partial charge in [-0.05, 0) is 38.6 Å². The van der Waals surface area contributed by atoms with E-state index in [0.29, 0.717) is 5.41 Å². The molecular formula is C12H16BrN. The fourth-order valence-electron chi connectivity index (χ4n) is 2.16. The van der Waals surface area contributed by atoms with E-state index in [-0.39, 0.29) is 0 Å². The fourth-order valence-corrected chi connectivity index (χ4v) is 2.87. The summed E-state index contributed by atoms with van der Waals surface area (Å²) < 4.78 is 1.26. The molecule has 76 valence electrons. The molecule has 0 N–H and O–H groups in total. The predicted molar refractivity (Wildman–Crippen MR) is 63.6 cm³/mol. The summed E-state index contributed by atoms with van der Waals surface area (Å²) in [6, 6.07) is 8.61. The molecule has 1 aliphatic rings. The largest absolute Gasteiger partial charge is 0.309 e. The Balaban J connectivity index is 2.26. The van der Waals surface area contributed by atoms with Crippen molar-refractivity contribution >= 4 is 15.9 Å². The molecule has 0 saturated heterocycles. The minimum Gasteiger partial charge on any atom is -0.309 e. The average molecular weight is 254 g/mol. The van der Waals surface area contributed by atoms with Crippen LogP contribution in [0.15, 0.2) is 28.7 Å². The number of halogens is 1. The topological polar surface area (TPSA) is 3.24 Å². The number of rotatable bonds is 3. The van der Waals surface area contributed by atoms with Gasteiger partial charge >= 0.3 is 0 Å². The van der Waals surface area contributed by atoms with Crippen molar-refractivity contribution in [3.05, 3.63) is 34.3 Å². The van der Waals surface area contributed by atoms with Gasteiger partial charge in [0.1, 0.15) is 0 Å². The van der Waals surface area contributed by atoms with Crippen LogP contribution in [0.3, 0.4) is 0 Å². The average Bonchev–Trinajstić information content (AvgIpc) is 2.85. The van der Waals surface area contributed by atoms with Crippen LogP contribution in [-0.4, -0.2) is 25.5 Å². The molecule has 0 aromatic heterocycles. The zero-order valence-electron chi connectivity index (χ0n) is 8.76. The smallest absolute Gasteiger partial charge is 0.0213 e. The molecule has 0 unspecified atom stereocenters. The van der Waals surface area contributed by atoms with Gasteiger partial charge in [-0.2, -0.15) is 0 Å². The van der Waals surface area contributed by atoms with Gasteiger partial charge in [-0.25, -0.2) is 0 Å². The molecule has 0 atom stereocenters. The van der Waals surface area contributed by atoms with Gasteiger partial charge in [-0.15, -0.1) is 0 Å². The van der Waals surface area contributed by atoms with Crippen molar-refractivity contribution in [1.82, 2.24) is 4.90 Å². The lowest BCUT2D eigenvalue weighted by Crippen LogP contribution is -2.26. The van der Waals surface area contributed by atoms with E-state index < -0.39 is 0 Å². The maximum atomic E-state index is 3.64. The monoisotopic (exact) mass is 253 g/mol. The Morgan fingerprint density at radius 3 is 2.43 bits per heavy atom. The van der Waals surface area contributed by atoms with Crippen molar-refractivity contribution in [3.8, 4) is 0 Å². The van der Waals surface area contributed by atoms with Gasteiger partial charge in [0.2, 0.25) is 0 Å². The first-order valence-corrected chi connectivity index (χ1v) is 5.83. The van der Waals surface area contributed by atoms with E-state index >= 15 is 0 Å². The van der Waals surface area contributed by atoms with Crippen molar-refractivity contribution in [3.63, 3.8) is 0 Å². The van der Waals surface area contributed by atoms with Crippen LogP contribution in [-0.2, 0) is 5.41 Å². The molecule has 0 spiro atoms. The highest BCUT2D eigenvalue weighted by Crippen LogP contribution is 2.50. The van der Waals surface area contributed by atoms with Gasteiger partial charge in [0, 0.05) is 16.4 Å². The van der Waals surface area contributed by atoms with Crippen LogP contribution in [0.4, 0.5) is 0 Å². The van der Waals surface area contributed by atoms with E-state index in [9.17, 15) is 0 Å². The summed E-state index contributed by atoms with van der Waals surface area (Å²) in [7, 11) is 4.30. The second kappa shape index (κ2) is 3.67. The third kappa shape index (κ3) is 1.86. The lowest BCUT2D eigenvalue weighted by atomic mass is 9.96. The Morgan fingerprint density at radius 2 is 1.93 bits per heavy atom. The van der Waals surface area contributed by atoms with Crippen molar-refractivity contribution in [1.29, 1.82) is 0 Å². The SMILES string of the molecule is CN(C)CC1(c2ccccc2Br)CC1. The van der Waals surface area contributed by atoms with Gasteiger partial charge in [0.25, 0.3) is 0 Å². The third-order valence-corrected chi connectivity index (χ3v) is 3.61. The van der Waals surface area contributed by atoms with Crippen molar-refractivity contribution in [2.45, 2.75) is 18.3 Å². The Bertz CT molecular complexity index is 329. The Labute approximate surface area is 94.2 Å². The molecule has 1 aliphatic carbocycles. The highest BCUT2D eigenvalue weighted by atomic mass is 79.9. The Kier molecular flexibility index (Phi) is 2.67. The summed E-state index contributed by atoms with van der Waals surface area (Å²) in [5.41, 5.74) is 1.91. The molecule has 1 aromatic carbocycles. The maximum Gasteiger partial charge on any atom is 0.0213 e. The predicted octanol–water partition coefficient (Wildman–Crippen LogP) is 3.04. The van der Waals surface area contributed by atoms with E-state index in [1.54, 1.807) is 0 Å². The van der Waals surface area contributed by atoms with Crippen molar-refractivity contribution in [2.24, 2.45) is 0 Å². The first-order valence-electron chi connectivity index (χ1n) is 5.04. The summed E-state index contributed by atoms with van der Waals surface area (Å²) in [6.45, 7) is 1.16. The minimum absolute atomic E-state index is 0.434. The van der Waals surface area contributed by atoms with Crippen LogP contribution in [0, 0.1) is 0 Å². The molecule has 1 aromatic rings. The second-order valence-electron chi connectivity index (χ2n) is 4.50. The van der Waals surface area contributed by atoms with Gasteiger partial charge in [-0.1, -0.05) is 34.1 Å². The van der Waals surface area contributed by atoms with Gasteiger partial charge in [0.15, 0.2) is 0 Å². The Hall–Kier alpha value is -0.340. The molecule has 0 amide bonds. The van der Waals surface area contributed by atoms with Crippen molar-refractivity contribution < 1.29 is 0 Å². The molecule has 0 heterocycles. The lowest BCUT2D eigenvalue weighted by molar-refractivity contribution is 0.362. The summed E-state index contributed by atoms with van der Waals surface area (Å²) in [4.78, 5) is 2.28. The van der Waals surface area contributed by atoms with Crippen LogP contribution in [0.5, 0.6) is 0 Å². The van der Waals surface area contributed by atoms with Gasteiger partial charge in [-0.3, -0.25) is 0 Å². The highest BCUT2D eigenvalue weighted by Gasteiger charge is 2.45. The van der Waals surface area contributed by atoms with Crippen LogP contribution in [0.2, 0.25) is 0 Å². The van der Waals surface area contributed by atoms with E-state index in [0.717, 1.165) is 6.54 Å². The zero-order chi connectivity index (χ0) is 10.2. The van der Waals surface area contributed by atoms with Crippen LogP contribution < -0.4 is 0 Å². The molecule has 0 bridgehead atoms. The minimum atomic E-state index is 0.434. The molecule has 1 nitrogen and oxygen atoms in total. The van der Waals surface area contributed by atoms with Crippen molar-refractivity contribution in [2.75, 3.05) is 20.6 Å². The second-order valence-corrected chi connectivity index (χ2v) is 5.35. The normalized spacial score (nSPS) is 18.6. The standard InChI is InChI=1S/C12H16BrN/c1-14(2)9-12(7-8-12)10-5-3-4-6-11(10)13/h3-6H,7-9H2,1-2H3. The molecule has 2 heteroatoms. The fraction of sp³-hybridized carbons (Fsp3) is 0.500. The maximum absolute atomic E-state index is 3.64. The molecule has 0 radical (unpaired) electrons. The number of hydrogen-bond donors (Lipinski definition) is 0. The molecular weight excluding hydrogens is 238 g/mol. The number of nitrogens with zero attached hydrogens (tertiary/aromatic N) is 1. The Morgan fingerprint density at radius 1 is 1.29 bits per heavy atom. The van der Waals surface area contributed by atoms with Gasteiger partial charge in [0.05, 0.1) is 0 Å². The number of hydrogen-bond acceptors (Lipinski definition) is 1. The molecule has 1 saturated carbocycles. The summed E-state index contributed by atoms with van der Waals surface area (Å²) >= 11 is 3.64. The molecule has 14 heavy (non-hydrogen) atoms. The summed E-state index contributed by atoms with van der Waals surface area (Å²) in [5.74, 6) is 0. The highest BCUT2D eigenvalue weighted by molar-refractivity contribution is 9.10. The first-order chi connectivity index (χ1) is 6.64. The molecule has 2 rings (SSSR count). The quantitative estimate of drug-likeness (QED) is 0.801. The summed E-state index contributed by atoms with van der Waals surface area (Å²) in [5, 5.41) is 0. The van der Waals surface area contributed by atoms with Crippen LogP contribution >= 0.6 is 15.9 Å². The lowest BCUT2D eigenvalue weighted by Gasteiger charge is -2.21. The zero-order valence-corrected chi connectivity index (χ0v) is 10.3. The number of likely N-dealkylation sites (N-methyl/N-ethyl adjacent to an activating group) is 1. The van der Waals surface area contributed by atoms with Gasteiger partial charge < -0.3 is 4.90 Å². The molecule has 0 aliphatic heterocycles. The van der Waals surface area contributed by atoms with Crippen LogP contribution in [0.1, 0.15) is 18.4 Å². The van der Waals surface area contributed by atoms with Crippen LogP contribution in [0.25, 0.3) is 0 Å². The van der Waals surface area contributed by atoms with E-state index in [1.807, 2.05) is 0 Å².